The first-order valence-electron chi connectivity index (χ1n) is 6.43. The molecule has 1 aliphatic heterocycles. The summed E-state index contributed by atoms with van der Waals surface area (Å²) in [5.74, 6) is 0.567. The molecule has 2 heterocycles. The van der Waals surface area contributed by atoms with Gasteiger partial charge in [0.25, 0.3) is 0 Å². The Morgan fingerprint density at radius 2 is 2.35 bits per heavy atom. The summed E-state index contributed by atoms with van der Waals surface area (Å²) in [4.78, 5) is 4.20. The van der Waals surface area contributed by atoms with E-state index in [0.717, 1.165) is 19.4 Å². The van der Waals surface area contributed by atoms with Crippen LogP contribution >= 0.6 is 15.9 Å². The van der Waals surface area contributed by atoms with Gasteiger partial charge < -0.3 is 10.1 Å². The van der Waals surface area contributed by atoms with E-state index in [1.807, 2.05) is 0 Å². The van der Waals surface area contributed by atoms with E-state index in [1.165, 1.54) is 0 Å². The van der Waals surface area contributed by atoms with Gasteiger partial charge in [0.15, 0.2) is 0 Å². The third-order valence-electron chi connectivity index (χ3n) is 3.16. The van der Waals surface area contributed by atoms with Gasteiger partial charge in [-0.1, -0.05) is 0 Å². The van der Waals surface area contributed by atoms with Gasteiger partial charge in [0.05, 0.1) is 6.61 Å². The highest BCUT2D eigenvalue weighted by Crippen LogP contribution is 2.23. The maximum absolute atomic E-state index is 12.4. The Hall–Kier alpha value is -0.700. The van der Waals surface area contributed by atoms with Crippen LogP contribution in [0.3, 0.4) is 0 Å². The van der Waals surface area contributed by atoms with Gasteiger partial charge in [-0.05, 0) is 40.8 Å². The fourth-order valence-corrected chi connectivity index (χ4v) is 3.87. The first-order chi connectivity index (χ1) is 9.53. The second-order valence-corrected chi connectivity index (χ2v) is 7.34. The van der Waals surface area contributed by atoms with Gasteiger partial charge in [0, 0.05) is 30.9 Å². The lowest BCUT2D eigenvalue weighted by molar-refractivity contribution is 0.0568. The summed E-state index contributed by atoms with van der Waals surface area (Å²) in [5, 5.41) is 2.79. The molecular weight excluding hydrogens is 346 g/mol. The molecule has 8 heteroatoms. The Morgan fingerprint density at radius 3 is 3.00 bits per heavy atom. The molecule has 0 aliphatic carbocycles. The van der Waals surface area contributed by atoms with Crippen molar-refractivity contribution in [3.05, 3.63) is 16.7 Å². The van der Waals surface area contributed by atoms with Crippen LogP contribution in [0.5, 0.6) is 0 Å². The van der Waals surface area contributed by atoms with Gasteiger partial charge in [-0.25, -0.2) is 18.1 Å². The van der Waals surface area contributed by atoms with Crippen LogP contribution in [0, 0.1) is 5.92 Å². The number of anilines is 1. The zero-order valence-electron chi connectivity index (χ0n) is 11.2. The molecule has 6 nitrogen and oxygen atoms in total. The molecule has 2 rings (SSSR count). The number of hydrogen-bond acceptors (Lipinski definition) is 5. The van der Waals surface area contributed by atoms with Crippen LogP contribution < -0.4 is 10.0 Å². The van der Waals surface area contributed by atoms with Crippen molar-refractivity contribution < 1.29 is 13.2 Å². The number of hydrogen-bond donors (Lipinski definition) is 2. The van der Waals surface area contributed by atoms with Gasteiger partial charge >= 0.3 is 0 Å². The van der Waals surface area contributed by atoms with Crippen molar-refractivity contribution in [2.75, 3.05) is 32.1 Å². The van der Waals surface area contributed by atoms with Crippen LogP contribution in [-0.4, -0.2) is 40.2 Å². The number of ether oxygens (including phenoxy) is 1. The molecule has 0 amide bonds. The van der Waals surface area contributed by atoms with E-state index < -0.39 is 10.0 Å². The third kappa shape index (κ3) is 3.91. The van der Waals surface area contributed by atoms with Crippen LogP contribution in [-0.2, 0) is 14.8 Å². The molecule has 1 aromatic heterocycles. The van der Waals surface area contributed by atoms with Crippen LogP contribution in [0.1, 0.15) is 12.8 Å². The molecule has 112 valence electrons. The Kier molecular flexibility index (Phi) is 5.36. The molecule has 1 atom stereocenters. The highest BCUT2D eigenvalue weighted by Gasteiger charge is 2.22. The number of nitrogens with zero attached hydrogens (tertiary/aromatic N) is 1. The third-order valence-corrected chi connectivity index (χ3v) is 5.03. The molecular formula is C12H18BrN3O3S. The number of nitrogens with one attached hydrogen (secondary N) is 2. The molecule has 20 heavy (non-hydrogen) atoms. The van der Waals surface area contributed by atoms with Gasteiger partial charge in [0.2, 0.25) is 10.0 Å². The molecule has 0 bridgehead atoms. The number of halogens is 1. The number of pyridine rings is 1. The summed E-state index contributed by atoms with van der Waals surface area (Å²) in [6, 6.07) is 1.54. The summed E-state index contributed by atoms with van der Waals surface area (Å²) >= 11 is 3.24. The Morgan fingerprint density at radius 1 is 1.55 bits per heavy atom. The first-order valence-corrected chi connectivity index (χ1v) is 8.71. The normalized spacial score (nSPS) is 19.8. The summed E-state index contributed by atoms with van der Waals surface area (Å²) in [6.07, 6.45) is 3.52. The summed E-state index contributed by atoms with van der Waals surface area (Å²) in [7, 11) is -1.94. The second-order valence-electron chi connectivity index (χ2n) is 4.69. The summed E-state index contributed by atoms with van der Waals surface area (Å²) in [5.41, 5.74) is 0. The van der Waals surface area contributed by atoms with E-state index in [1.54, 1.807) is 19.3 Å². The Labute approximate surface area is 127 Å². The largest absolute Gasteiger partial charge is 0.381 e. The monoisotopic (exact) mass is 363 g/mol. The minimum Gasteiger partial charge on any atom is -0.381 e. The van der Waals surface area contributed by atoms with Crippen molar-refractivity contribution >= 4 is 31.8 Å². The van der Waals surface area contributed by atoms with Crippen LogP contribution in [0.2, 0.25) is 0 Å². The molecule has 0 aromatic carbocycles. The molecule has 0 radical (unpaired) electrons. The van der Waals surface area contributed by atoms with Crippen LogP contribution in [0.4, 0.5) is 5.82 Å². The van der Waals surface area contributed by atoms with Crippen LogP contribution in [0.15, 0.2) is 21.6 Å². The molecule has 1 saturated heterocycles. The smallest absolute Gasteiger partial charge is 0.244 e. The van der Waals surface area contributed by atoms with E-state index in [-0.39, 0.29) is 10.8 Å². The minimum atomic E-state index is -3.59. The van der Waals surface area contributed by atoms with Crippen molar-refractivity contribution in [2.24, 2.45) is 5.92 Å². The number of aromatic nitrogens is 1. The topological polar surface area (TPSA) is 80.3 Å². The number of sulfonamides is 1. The zero-order chi connectivity index (χ0) is 14.6. The van der Waals surface area contributed by atoms with E-state index >= 15 is 0 Å². The summed E-state index contributed by atoms with van der Waals surface area (Å²) in [6.45, 7) is 1.76. The summed E-state index contributed by atoms with van der Waals surface area (Å²) < 4.78 is 33.3. The fraction of sp³-hybridized carbons (Fsp3) is 0.583. The van der Waals surface area contributed by atoms with E-state index in [2.05, 4.69) is 31.0 Å². The SMILES string of the molecule is CNc1ncc(Br)cc1S(=O)(=O)NCC1CCCOC1. The quantitative estimate of drug-likeness (QED) is 0.830. The molecule has 2 N–H and O–H groups in total. The first kappa shape index (κ1) is 15.7. The second kappa shape index (κ2) is 6.84. The molecule has 0 saturated carbocycles. The van der Waals surface area contributed by atoms with Gasteiger partial charge in [0.1, 0.15) is 10.7 Å². The van der Waals surface area contributed by atoms with Gasteiger partial charge in [-0.3, -0.25) is 0 Å². The van der Waals surface area contributed by atoms with Crippen molar-refractivity contribution in [1.29, 1.82) is 0 Å². The minimum absolute atomic E-state index is 0.145. The Balaban J connectivity index is 2.11. The van der Waals surface area contributed by atoms with Crippen molar-refractivity contribution in [1.82, 2.24) is 9.71 Å². The highest BCUT2D eigenvalue weighted by atomic mass is 79.9. The highest BCUT2D eigenvalue weighted by molar-refractivity contribution is 9.10. The predicted molar refractivity (Wildman–Crippen MR) is 80.2 cm³/mol. The lowest BCUT2D eigenvalue weighted by atomic mass is 10.0. The van der Waals surface area contributed by atoms with E-state index in [0.29, 0.717) is 23.4 Å². The standard InChI is InChI=1S/C12H18BrN3O3S/c1-14-12-11(5-10(13)7-15-12)20(17,18)16-6-9-3-2-4-19-8-9/h5,7,9,16H,2-4,6,8H2,1H3,(H,14,15). The average Bonchev–Trinajstić information content (AvgIpc) is 2.46. The van der Waals surface area contributed by atoms with Crippen molar-refractivity contribution in [3.8, 4) is 0 Å². The maximum atomic E-state index is 12.4. The lowest BCUT2D eigenvalue weighted by Gasteiger charge is -2.22. The molecule has 0 spiro atoms. The number of rotatable bonds is 5. The van der Waals surface area contributed by atoms with E-state index in [9.17, 15) is 8.42 Å². The van der Waals surface area contributed by atoms with Crippen LogP contribution in [0.25, 0.3) is 0 Å². The van der Waals surface area contributed by atoms with E-state index in [4.69, 9.17) is 4.74 Å². The Bertz CT molecular complexity index is 559. The van der Waals surface area contributed by atoms with Crippen molar-refractivity contribution in [2.45, 2.75) is 17.7 Å². The van der Waals surface area contributed by atoms with Gasteiger partial charge in [-0.15, -0.1) is 0 Å². The maximum Gasteiger partial charge on any atom is 0.244 e. The fourth-order valence-electron chi connectivity index (χ4n) is 2.09. The molecule has 1 aliphatic rings. The molecule has 1 fully saturated rings. The average molecular weight is 364 g/mol. The molecule has 1 aromatic rings. The zero-order valence-corrected chi connectivity index (χ0v) is 13.6. The van der Waals surface area contributed by atoms with Gasteiger partial charge in [-0.2, -0.15) is 0 Å². The lowest BCUT2D eigenvalue weighted by Crippen LogP contribution is -2.33. The molecule has 1 unspecified atom stereocenters. The van der Waals surface area contributed by atoms with Crippen molar-refractivity contribution in [3.63, 3.8) is 0 Å². The predicted octanol–water partition coefficient (Wildman–Crippen LogP) is 1.59.